The second kappa shape index (κ2) is 14.9. The van der Waals surface area contributed by atoms with E-state index < -0.39 is 27.7 Å². The Morgan fingerprint density at radius 2 is 1.50 bits per heavy atom. The molecule has 3 atom stereocenters. The van der Waals surface area contributed by atoms with E-state index in [2.05, 4.69) is 52.8 Å². The first-order valence-electron chi connectivity index (χ1n) is 16.9. The number of nitrogens with zero attached hydrogens (tertiary/aromatic N) is 2. The number of carbonyl (C=O) groups is 2. The van der Waals surface area contributed by atoms with E-state index in [1.54, 1.807) is 23.1 Å². The number of hydrogen-bond donors (Lipinski definition) is 3. The molecule has 258 valence electrons. The Morgan fingerprint density at radius 3 is 2.00 bits per heavy atom. The van der Waals surface area contributed by atoms with E-state index in [4.69, 9.17) is 5.73 Å². The highest BCUT2D eigenvalue weighted by molar-refractivity contribution is 8.02. The molecule has 1 fully saturated rings. The van der Waals surface area contributed by atoms with Crippen LogP contribution in [-0.4, -0.2) is 56.3 Å². The molecule has 0 bridgehead atoms. The van der Waals surface area contributed by atoms with Crippen LogP contribution in [0.3, 0.4) is 0 Å². The van der Waals surface area contributed by atoms with Crippen LogP contribution in [0.4, 0.5) is 0 Å². The molecule has 0 spiro atoms. The summed E-state index contributed by atoms with van der Waals surface area (Å²) < 4.78 is -1.51. The molecule has 2 amide bonds. The molecular weight excluding hydrogens is 661 g/mol. The number of rotatable bonds is 11. The maximum atomic E-state index is 14.3. The number of amides is 2. The molecule has 50 heavy (non-hydrogen) atoms. The third-order valence-corrected chi connectivity index (χ3v) is 12.4. The molecular formula is C41H44N4O3S2. The van der Waals surface area contributed by atoms with Crippen molar-refractivity contribution in [2.75, 3.05) is 6.54 Å². The van der Waals surface area contributed by atoms with Crippen molar-refractivity contribution in [3.8, 4) is 10.4 Å². The summed E-state index contributed by atoms with van der Waals surface area (Å²) in [5, 5.41) is 13.8. The first-order chi connectivity index (χ1) is 24.0. The number of nitrogens with two attached hydrogens (primary N) is 1. The summed E-state index contributed by atoms with van der Waals surface area (Å²) in [7, 11) is 0. The predicted octanol–water partition coefficient (Wildman–Crippen LogP) is 6.84. The molecule has 1 aliphatic rings. The zero-order valence-electron chi connectivity index (χ0n) is 28.9. The van der Waals surface area contributed by atoms with E-state index in [1.807, 2.05) is 99.9 Å². The van der Waals surface area contributed by atoms with E-state index in [9.17, 15) is 14.7 Å². The Balaban J connectivity index is 1.24. The highest BCUT2D eigenvalue weighted by atomic mass is 32.2. The van der Waals surface area contributed by atoms with Crippen molar-refractivity contribution in [3.63, 3.8) is 0 Å². The standard InChI is InChI=1S/C41H44N4O3S2/c1-27-22-29(36-28(2)44-26-49-36)20-21-30(27)24-43-38(47)35-23-34(46)25-45(35)39(48)37(42)40(3,4)50-41(31-14-8-5-9-15-31,32-16-10-6-11-17-32)33-18-12-7-13-19-33/h5-22,26,34-35,37,46H,23-25,42H2,1-4H3,(H,43,47)/t34-,35-,37-/m1/s1. The van der Waals surface area contributed by atoms with Crippen LogP contribution in [0.25, 0.3) is 10.4 Å². The van der Waals surface area contributed by atoms with Crippen LogP contribution < -0.4 is 11.1 Å². The molecule has 0 saturated carbocycles. The molecule has 7 nitrogen and oxygen atoms in total. The molecule has 4 aromatic carbocycles. The molecule has 5 aromatic rings. The van der Waals surface area contributed by atoms with Gasteiger partial charge in [-0.3, -0.25) is 9.59 Å². The quantitative estimate of drug-likeness (QED) is 0.130. The molecule has 1 saturated heterocycles. The summed E-state index contributed by atoms with van der Waals surface area (Å²) in [5.41, 5.74) is 16.1. The Kier molecular flexibility index (Phi) is 10.6. The van der Waals surface area contributed by atoms with Crippen molar-refractivity contribution in [2.45, 2.75) is 68.3 Å². The van der Waals surface area contributed by atoms with Crippen molar-refractivity contribution in [1.82, 2.24) is 15.2 Å². The number of likely N-dealkylation sites (tertiary alicyclic amines) is 1. The summed E-state index contributed by atoms with van der Waals surface area (Å²) >= 11 is 3.24. The lowest BCUT2D eigenvalue weighted by molar-refractivity contribution is -0.140. The monoisotopic (exact) mass is 704 g/mol. The summed E-state index contributed by atoms with van der Waals surface area (Å²) in [6, 6.07) is 35.2. The van der Waals surface area contributed by atoms with Gasteiger partial charge < -0.3 is 21.1 Å². The normalized spacial score (nSPS) is 17.0. The van der Waals surface area contributed by atoms with Crippen molar-refractivity contribution >= 4 is 34.9 Å². The fourth-order valence-corrected chi connectivity index (χ4v) is 9.43. The number of carbonyl (C=O) groups excluding carboxylic acids is 2. The van der Waals surface area contributed by atoms with Gasteiger partial charge in [-0.1, -0.05) is 109 Å². The largest absolute Gasteiger partial charge is 0.391 e. The number of aromatic nitrogens is 1. The van der Waals surface area contributed by atoms with Crippen LogP contribution in [0, 0.1) is 13.8 Å². The van der Waals surface area contributed by atoms with Crippen LogP contribution in [0.15, 0.2) is 115 Å². The van der Waals surface area contributed by atoms with Gasteiger partial charge in [0.2, 0.25) is 11.8 Å². The predicted molar refractivity (Wildman–Crippen MR) is 204 cm³/mol. The minimum absolute atomic E-state index is 0.0501. The van der Waals surface area contributed by atoms with Crippen molar-refractivity contribution in [3.05, 3.63) is 148 Å². The van der Waals surface area contributed by atoms with E-state index in [0.29, 0.717) is 6.54 Å². The number of aliphatic hydroxyl groups is 1. The number of benzene rings is 4. The van der Waals surface area contributed by atoms with Crippen LogP contribution in [0.5, 0.6) is 0 Å². The molecule has 1 aromatic heterocycles. The van der Waals surface area contributed by atoms with E-state index in [0.717, 1.165) is 44.0 Å². The lowest BCUT2D eigenvalue weighted by Crippen LogP contribution is -2.57. The Labute approximate surface area is 303 Å². The SMILES string of the molecule is Cc1cc(-c2scnc2C)ccc1CNC(=O)[C@H]1C[C@@H](O)CN1C(=O)[C@@H](N)C(C)(C)SC(c1ccccc1)(c1ccccc1)c1ccccc1. The van der Waals surface area contributed by atoms with Gasteiger partial charge in [-0.25, -0.2) is 4.98 Å². The number of hydrogen-bond acceptors (Lipinski definition) is 7. The Bertz CT molecular complexity index is 1830. The van der Waals surface area contributed by atoms with Gasteiger partial charge in [0.15, 0.2) is 0 Å². The highest BCUT2D eigenvalue weighted by Crippen LogP contribution is 2.54. The van der Waals surface area contributed by atoms with E-state index in [1.165, 1.54) is 4.90 Å². The topological polar surface area (TPSA) is 109 Å². The van der Waals surface area contributed by atoms with Gasteiger partial charge in [-0.05, 0) is 61.1 Å². The van der Waals surface area contributed by atoms with Gasteiger partial charge in [0, 0.05) is 24.3 Å². The molecule has 9 heteroatoms. The molecule has 0 aliphatic carbocycles. The van der Waals surface area contributed by atoms with Gasteiger partial charge in [0.05, 0.1) is 33.0 Å². The molecule has 1 aliphatic heterocycles. The molecule has 6 rings (SSSR count). The molecule has 0 unspecified atom stereocenters. The third-order valence-electron chi connectivity index (χ3n) is 9.64. The van der Waals surface area contributed by atoms with Gasteiger partial charge in [-0.15, -0.1) is 23.1 Å². The smallest absolute Gasteiger partial charge is 0.243 e. The third kappa shape index (κ3) is 7.14. The second-order valence-corrected chi connectivity index (χ2v) is 16.2. The minimum atomic E-state index is -0.978. The lowest BCUT2D eigenvalue weighted by atomic mass is 9.84. The Morgan fingerprint density at radius 1 is 0.940 bits per heavy atom. The summed E-state index contributed by atoms with van der Waals surface area (Å²) in [4.78, 5) is 35.0. The number of aliphatic hydroxyl groups excluding tert-OH is 1. The maximum absolute atomic E-state index is 14.3. The summed E-state index contributed by atoms with van der Waals surface area (Å²) in [6.45, 7) is 8.36. The van der Waals surface area contributed by atoms with Crippen molar-refractivity contribution < 1.29 is 14.7 Å². The average molecular weight is 705 g/mol. The number of thiazole rings is 1. The van der Waals surface area contributed by atoms with Crippen LogP contribution in [-0.2, 0) is 20.9 Å². The first-order valence-corrected chi connectivity index (χ1v) is 18.6. The van der Waals surface area contributed by atoms with E-state index in [-0.39, 0.29) is 24.8 Å². The van der Waals surface area contributed by atoms with Crippen LogP contribution >= 0.6 is 23.1 Å². The fourth-order valence-electron chi connectivity index (χ4n) is 6.85. The fraction of sp³-hybridized carbons (Fsp3) is 0.293. The Hall–Kier alpha value is -4.28. The molecule has 0 radical (unpaired) electrons. The molecule has 2 heterocycles. The average Bonchev–Trinajstić information content (AvgIpc) is 3.75. The van der Waals surface area contributed by atoms with Crippen LogP contribution in [0.1, 0.15) is 53.8 Å². The van der Waals surface area contributed by atoms with Gasteiger partial charge >= 0.3 is 0 Å². The van der Waals surface area contributed by atoms with Gasteiger partial charge in [-0.2, -0.15) is 0 Å². The van der Waals surface area contributed by atoms with Gasteiger partial charge in [0.25, 0.3) is 0 Å². The van der Waals surface area contributed by atoms with Crippen molar-refractivity contribution in [1.29, 1.82) is 0 Å². The molecule has 4 N–H and O–H groups in total. The van der Waals surface area contributed by atoms with E-state index >= 15 is 0 Å². The highest BCUT2D eigenvalue weighted by Gasteiger charge is 2.49. The lowest BCUT2D eigenvalue weighted by Gasteiger charge is -2.44. The van der Waals surface area contributed by atoms with Crippen molar-refractivity contribution in [2.24, 2.45) is 5.73 Å². The number of nitrogens with one attached hydrogen (secondary N) is 1. The number of β-amino-alcohol motifs (C(OH)–C–C–N with tert-alkyl or cyclic N) is 1. The zero-order valence-corrected chi connectivity index (χ0v) is 30.5. The minimum Gasteiger partial charge on any atom is -0.391 e. The maximum Gasteiger partial charge on any atom is 0.243 e. The van der Waals surface area contributed by atoms with Gasteiger partial charge in [0.1, 0.15) is 6.04 Å². The summed E-state index contributed by atoms with van der Waals surface area (Å²) in [6.07, 6.45) is -0.666. The number of aryl methyl sites for hydroxylation is 2. The second-order valence-electron chi connectivity index (χ2n) is 13.5. The summed E-state index contributed by atoms with van der Waals surface area (Å²) in [5.74, 6) is -0.663. The van der Waals surface area contributed by atoms with Crippen LogP contribution in [0.2, 0.25) is 0 Å². The number of thioether (sulfide) groups is 1. The zero-order chi connectivity index (χ0) is 35.5. The first kappa shape index (κ1) is 35.5.